The third-order valence-corrected chi connectivity index (χ3v) is 5.05. The number of carbonyl (C=O) groups is 1. The Bertz CT molecular complexity index is 986. The lowest BCUT2D eigenvalue weighted by Gasteiger charge is -2.09. The SMILES string of the molecule is COCCNC(=O)c1nnn(-c2ccc(OC)cc2)c1CSc1nc(C)cc(C)n1. The summed E-state index contributed by atoms with van der Waals surface area (Å²) in [6.07, 6.45) is 0. The number of benzene rings is 1. The van der Waals surface area contributed by atoms with Crippen molar-refractivity contribution in [2.75, 3.05) is 27.4 Å². The summed E-state index contributed by atoms with van der Waals surface area (Å²) >= 11 is 1.43. The Labute approximate surface area is 179 Å². The molecule has 0 saturated heterocycles. The first-order valence-corrected chi connectivity index (χ1v) is 10.3. The summed E-state index contributed by atoms with van der Waals surface area (Å²) in [4.78, 5) is 21.6. The Hall–Kier alpha value is -2.98. The molecule has 0 radical (unpaired) electrons. The van der Waals surface area contributed by atoms with Gasteiger partial charge in [-0.2, -0.15) is 0 Å². The molecule has 0 aliphatic carbocycles. The fourth-order valence-corrected chi connectivity index (χ4v) is 3.72. The van der Waals surface area contributed by atoms with Gasteiger partial charge >= 0.3 is 0 Å². The van der Waals surface area contributed by atoms with E-state index < -0.39 is 0 Å². The number of hydrogen-bond acceptors (Lipinski definition) is 8. The largest absolute Gasteiger partial charge is 0.497 e. The second-order valence-electron chi connectivity index (χ2n) is 6.47. The number of methoxy groups -OCH3 is 2. The molecule has 0 aliphatic rings. The van der Waals surface area contributed by atoms with Crippen molar-refractivity contribution in [3.63, 3.8) is 0 Å². The summed E-state index contributed by atoms with van der Waals surface area (Å²) in [6, 6.07) is 9.31. The minimum atomic E-state index is -0.302. The molecule has 1 aromatic carbocycles. The van der Waals surface area contributed by atoms with Gasteiger partial charge in [0.15, 0.2) is 10.9 Å². The molecule has 0 saturated carbocycles. The zero-order chi connectivity index (χ0) is 21.5. The van der Waals surface area contributed by atoms with E-state index in [1.807, 2.05) is 44.2 Å². The minimum Gasteiger partial charge on any atom is -0.497 e. The Morgan fingerprint density at radius 3 is 2.47 bits per heavy atom. The van der Waals surface area contributed by atoms with Crippen LogP contribution in [0.25, 0.3) is 5.69 Å². The first-order chi connectivity index (χ1) is 14.5. The second kappa shape index (κ2) is 10.2. The third-order valence-electron chi connectivity index (χ3n) is 4.19. The van der Waals surface area contributed by atoms with Gasteiger partial charge in [0.1, 0.15) is 5.75 Å². The summed E-state index contributed by atoms with van der Waals surface area (Å²) in [6.45, 7) is 4.66. The maximum Gasteiger partial charge on any atom is 0.273 e. The van der Waals surface area contributed by atoms with Crippen molar-refractivity contribution in [1.82, 2.24) is 30.3 Å². The third kappa shape index (κ3) is 5.33. The molecular formula is C20H24N6O3S. The molecule has 158 valence electrons. The lowest BCUT2D eigenvalue weighted by Crippen LogP contribution is -2.28. The highest BCUT2D eigenvalue weighted by atomic mass is 32.2. The lowest BCUT2D eigenvalue weighted by atomic mass is 10.2. The number of aromatic nitrogens is 5. The molecule has 3 rings (SSSR count). The van der Waals surface area contributed by atoms with E-state index in [-0.39, 0.29) is 11.6 Å². The van der Waals surface area contributed by atoms with Crippen molar-refractivity contribution in [3.05, 3.63) is 53.1 Å². The first kappa shape index (κ1) is 21.7. The summed E-state index contributed by atoms with van der Waals surface area (Å²) in [7, 11) is 3.19. The maximum absolute atomic E-state index is 12.7. The standard InChI is InChI=1S/C20H24N6O3S/c1-13-11-14(2)23-20(22-13)30-12-17-18(19(27)21-9-10-28-3)24-25-26(17)15-5-7-16(29-4)8-6-15/h5-8,11H,9-10,12H2,1-4H3,(H,21,27). The molecule has 2 heterocycles. The van der Waals surface area contributed by atoms with Gasteiger partial charge in [-0.25, -0.2) is 14.6 Å². The zero-order valence-corrected chi connectivity index (χ0v) is 18.2. The molecule has 0 bridgehead atoms. The molecular weight excluding hydrogens is 404 g/mol. The monoisotopic (exact) mass is 428 g/mol. The summed E-state index contributed by atoms with van der Waals surface area (Å²) in [5.41, 5.74) is 3.48. The van der Waals surface area contributed by atoms with Crippen molar-refractivity contribution >= 4 is 17.7 Å². The van der Waals surface area contributed by atoms with Crippen molar-refractivity contribution in [1.29, 1.82) is 0 Å². The molecule has 30 heavy (non-hydrogen) atoms. The van der Waals surface area contributed by atoms with Crippen LogP contribution in [0.4, 0.5) is 0 Å². The van der Waals surface area contributed by atoms with E-state index in [1.54, 1.807) is 18.9 Å². The smallest absolute Gasteiger partial charge is 0.273 e. The quantitative estimate of drug-likeness (QED) is 0.315. The number of nitrogens with one attached hydrogen (secondary N) is 1. The molecule has 0 unspecified atom stereocenters. The van der Waals surface area contributed by atoms with Gasteiger partial charge in [-0.05, 0) is 44.2 Å². The van der Waals surface area contributed by atoms with Gasteiger partial charge in [-0.15, -0.1) is 5.10 Å². The normalized spacial score (nSPS) is 10.8. The molecule has 3 aromatic rings. The van der Waals surface area contributed by atoms with Crippen molar-refractivity contribution in [2.24, 2.45) is 0 Å². The van der Waals surface area contributed by atoms with E-state index in [2.05, 4.69) is 25.6 Å². The average molecular weight is 429 g/mol. The fourth-order valence-electron chi connectivity index (χ4n) is 2.78. The predicted molar refractivity (Wildman–Crippen MR) is 113 cm³/mol. The molecule has 0 atom stereocenters. The number of nitrogens with zero attached hydrogens (tertiary/aromatic N) is 5. The van der Waals surface area contributed by atoms with Crippen LogP contribution in [0.3, 0.4) is 0 Å². The summed E-state index contributed by atoms with van der Waals surface area (Å²) in [5.74, 6) is 0.856. The van der Waals surface area contributed by atoms with Gasteiger partial charge in [-0.3, -0.25) is 4.79 Å². The van der Waals surface area contributed by atoms with Gasteiger partial charge in [0.25, 0.3) is 5.91 Å². The maximum atomic E-state index is 12.7. The number of rotatable bonds is 9. The predicted octanol–water partition coefficient (Wildman–Crippen LogP) is 2.35. The Morgan fingerprint density at radius 1 is 1.13 bits per heavy atom. The lowest BCUT2D eigenvalue weighted by molar-refractivity contribution is 0.0931. The van der Waals surface area contributed by atoms with Crippen LogP contribution < -0.4 is 10.1 Å². The molecule has 1 amide bonds. The molecule has 2 aromatic heterocycles. The van der Waals surface area contributed by atoms with Crippen LogP contribution in [-0.2, 0) is 10.5 Å². The number of amides is 1. The molecule has 10 heteroatoms. The van der Waals surface area contributed by atoms with E-state index in [9.17, 15) is 4.79 Å². The van der Waals surface area contributed by atoms with Crippen LogP contribution in [0.2, 0.25) is 0 Å². The van der Waals surface area contributed by atoms with E-state index in [1.165, 1.54) is 11.8 Å². The van der Waals surface area contributed by atoms with Crippen LogP contribution in [0.1, 0.15) is 27.6 Å². The first-order valence-electron chi connectivity index (χ1n) is 9.33. The summed E-state index contributed by atoms with van der Waals surface area (Å²) < 4.78 is 11.9. The van der Waals surface area contributed by atoms with E-state index in [4.69, 9.17) is 9.47 Å². The van der Waals surface area contributed by atoms with Crippen LogP contribution >= 0.6 is 11.8 Å². The number of hydrogen-bond donors (Lipinski definition) is 1. The Kier molecular flexibility index (Phi) is 7.36. The molecule has 0 spiro atoms. The Morgan fingerprint density at radius 2 is 1.83 bits per heavy atom. The second-order valence-corrected chi connectivity index (χ2v) is 7.41. The van der Waals surface area contributed by atoms with E-state index in [0.29, 0.717) is 29.8 Å². The van der Waals surface area contributed by atoms with E-state index >= 15 is 0 Å². The Balaban J connectivity index is 1.90. The number of ether oxygens (including phenoxy) is 2. The highest BCUT2D eigenvalue weighted by molar-refractivity contribution is 7.98. The van der Waals surface area contributed by atoms with Crippen molar-refractivity contribution in [2.45, 2.75) is 24.8 Å². The van der Waals surface area contributed by atoms with Gasteiger partial charge < -0.3 is 14.8 Å². The fraction of sp³-hybridized carbons (Fsp3) is 0.350. The van der Waals surface area contributed by atoms with Crippen LogP contribution in [0, 0.1) is 13.8 Å². The highest BCUT2D eigenvalue weighted by Gasteiger charge is 2.21. The number of carbonyl (C=O) groups excluding carboxylic acids is 1. The zero-order valence-electron chi connectivity index (χ0n) is 17.4. The minimum absolute atomic E-state index is 0.263. The van der Waals surface area contributed by atoms with Gasteiger partial charge in [0, 0.05) is 30.8 Å². The van der Waals surface area contributed by atoms with Crippen LogP contribution in [-0.4, -0.2) is 58.2 Å². The van der Waals surface area contributed by atoms with Gasteiger partial charge in [0.05, 0.1) is 25.1 Å². The van der Waals surface area contributed by atoms with Gasteiger partial charge in [0.2, 0.25) is 0 Å². The van der Waals surface area contributed by atoms with Crippen molar-refractivity contribution in [3.8, 4) is 11.4 Å². The molecule has 0 aliphatic heterocycles. The average Bonchev–Trinajstić information content (AvgIpc) is 3.16. The topological polar surface area (TPSA) is 104 Å². The molecule has 9 nitrogen and oxygen atoms in total. The van der Waals surface area contributed by atoms with Crippen LogP contribution in [0.15, 0.2) is 35.5 Å². The number of aryl methyl sites for hydroxylation is 2. The molecule has 1 N–H and O–H groups in total. The highest BCUT2D eigenvalue weighted by Crippen LogP contribution is 2.24. The van der Waals surface area contributed by atoms with Crippen LogP contribution in [0.5, 0.6) is 5.75 Å². The van der Waals surface area contributed by atoms with E-state index in [0.717, 1.165) is 22.8 Å². The van der Waals surface area contributed by atoms with Crippen molar-refractivity contribution < 1.29 is 14.3 Å². The number of thioether (sulfide) groups is 1. The van der Waals surface area contributed by atoms with Gasteiger partial charge in [-0.1, -0.05) is 17.0 Å². The summed E-state index contributed by atoms with van der Waals surface area (Å²) in [5, 5.41) is 11.8. The molecule has 0 fully saturated rings.